The van der Waals surface area contributed by atoms with E-state index in [1.165, 1.54) is 32.3 Å². The van der Waals surface area contributed by atoms with Gasteiger partial charge in [-0.3, -0.25) is 9.59 Å². The summed E-state index contributed by atoms with van der Waals surface area (Å²) in [4.78, 5) is 22.9. The first-order valence-electron chi connectivity index (χ1n) is 12.3. The van der Waals surface area contributed by atoms with E-state index in [0.717, 1.165) is 44.1 Å². The van der Waals surface area contributed by atoms with Crippen LogP contribution in [0, 0.1) is 45.8 Å². The summed E-state index contributed by atoms with van der Waals surface area (Å²) in [7, 11) is 0. The molecule has 0 aromatic heterocycles. The molecule has 0 aliphatic heterocycles. The van der Waals surface area contributed by atoms with Gasteiger partial charge in [0, 0.05) is 26.3 Å². The maximum Gasteiger partial charge on any atom is 0.302 e. The largest absolute Gasteiger partial charge is 0.462 e. The summed E-state index contributed by atoms with van der Waals surface area (Å²) in [5.41, 5.74) is 2.86. The number of carbonyl (C=O) groups is 2. The maximum atomic E-state index is 11.5. The second kappa shape index (κ2) is 8.69. The molecular formula is C27H37NO4. The molecule has 0 N–H and O–H groups in total. The Hall–Kier alpha value is -2.09. The number of esters is 2. The first-order valence-corrected chi connectivity index (χ1v) is 12.3. The van der Waals surface area contributed by atoms with Gasteiger partial charge in [0.2, 0.25) is 0 Å². The van der Waals surface area contributed by atoms with Crippen molar-refractivity contribution in [2.45, 2.75) is 85.2 Å². The van der Waals surface area contributed by atoms with Crippen LogP contribution in [0.25, 0.3) is 0 Å². The molecule has 7 atom stereocenters. The van der Waals surface area contributed by atoms with E-state index in [0.29, 0.717) is 23.7 Å². The van der Waals surface area contributed by atoms with E-state index in [9.17, 15) is 14.9 Å². The lowest BCUT2D eigenvalue weighted by Crippen LogP contribution is -2.50. The molecule has 5 nitrogen and oxygen atoms in total. The number of rotatable bonds is 4. The van der Waals surface area contributed by atoms with Crippen LogP contribution in [0.15, 0.2) is 23.3 Å². The molecule has 0 aromatic rings. The fourth-order valence-electron chi connectivity index (χ4n) is 8.08. The van der Waals surface area contributed by atoms with E-state index in [1.807, 2.05) is 0 Å². The average molecular weight is 440 g/mol. The number of nitriles is 1. The third-order valence-corrected chi connectivity index (χ3v) is 9.53. The zero-order valence-electron chi connectivity index (χ0n) is 20.0. The van der Waals surface area contributed by atoms with Gasteiger partial charge < -0.3 is 9.47 Å². The Morgan fingerprint density at radius 1 is 1.12 bits per heavy atom. The molecule has 32 heavy (non-hydrogen) atoms. The van der Waals surface area contributed by atoms with Gasteiger partial charge in [-0.25, -0.2) is 0 Å². The highest BCUT2D eigenvalue weighted by Crippen LogP contribution is 2.67. The quantitative estimate of drug-likeness (QED) is 0.328. The van der Waals surface area contributed by atoms with Crippen molar-refractivity contribution >= 4 is 11.9 Å². The molecule has 0 spiro atoms. The molecule has 4 rings (SSSR count). The van der Waals surface area contributed by atoms with E-state index < -0.39 is 0 Å². The first-order chi connectivity index (χ1) is 15.2. The number of hydrogen-bond acceptors (Lipinski definition) is 5. The lowest BCUT2D eigenvalue weighted by molar-refractivity contribution is -0.148. The molecule has 4 aliphatic rings. The highest BCUT2D eigenvalue weighted by Gasteiger charge is 2.59. The van der Waals surface area contributed by atoms with Crippen LogP contribution in [0.2, 0.25) is 0 Å². The van der Waals surface area contributed by atoms with Crippen LogP contribution in [0.5, 0.6) is 0 Å². The predicted octanol–water partition coefficient (Wildman–Crippen LogP) is 5.51. The SMILES string of the molecule is CC(=O)OC/C(=C/C#N)[C@H]1CC[C@H]2[C@@H]3CC=C4C[C@H](OC(C)=O)CC[C@]4(C)[C@H]3CC[C@]12C. The number of nitrogens with zero attached hydrogens (tertiary/aromatic N) is 1. The molecule has 5 heteroatoms. The zero-order chi connectivity index (χ0) is 23.1. The molecule has 174 valence electrons. The van der Waals surface area contributed by atoms with E-state index in [2.05, 4.69) is 26.0 Å². The Kier molecular flexibility index (Phi) is 6.27. The lowest BCUT2D eigenvalue weighted by Gasteiger charge is -2.58. The molecule has 0 bridgehead atoms. The average Bonchev–Trinajstić information content (AvgIpc) is 3.08. The van der Waals surface area contributed by atoms with Crippen molar-refractivity contribution in [2.75, 3.05) is 6.61 Å². The smallest absolute Gasteiger partial charge is 0.302 e. The molecule has 0 saturated heterocycles. The van der Waals surface area contributed by atoms with Gasteiger partial charge >= 0.3 is 11.9 Å². The second-order valence-electron chi connectivity index (χ2n) is 11.0. The number of allylic oxidation sites excluding steroid dienone is 2. The third-order valence-electron chi connectivity index (χ3n) is 9.53. The summed E-state index contributed by atoms with van der Waals surface area (Å²) in [5.74, 6) is 1.81. The van der Waals surface area contributed by atoms with Gasteiger partial charge in [-0.05, 0) is 85.0 Å². The topological polar surface area (TPSA) is 76.4 Å². The van der Waals surface area contributed by atoms with Crippen molar-refractivity contribution in [3.63, 3.8) is 0 Å². The fourth-order valence-corrected chi connectivity index (χ4v) is 8.08. The van der Waals surface area contributed by atoms with E-state index in [4.69, 9.17) is 9.47 Å². The van der Waals surface area contributed by atoms with Gasteiger partial charge in [0.1, 0.15) is 12.7 Å². The van der Waals surface area contributed by atoms with Gasteiger partial charge in [-0.15, -0.1) is 0 Å². The van der Waals surface area contributed by atoms with Crippen LogP contribution in [0.4, 0.5) is 0 Å². The van der Waals surface area contributed by atoms with Crippen LogP contribution in [-0.2, 0) is 19.1 Å². The van der Waals surface area contributed by atoms with Gasteiger partial charge in [-0.2, -0.15) is 5.26 Å². The lowest BCUT2D eigenvalue weighted by atomic mass is 9.47. The van der Waals surface area contributed by atoms with Crippen LogP contribution < -0.4 is 0 Å². The minimum atomic E-state index is -0.292. The Bertz CT molecular complexity index is 883. The molecule has 3 fully saturated rings. The monoisotopic (exact) mass is 439 g/mol. The van der Waals surface area contributed by atoms with Crippen molar-refractivity contribution < 1.29 is 19.1 Å². The number of ether oxygens (including phenoxy) is 2. The summed E-state index contributed by atoms with van der Waals surface area (Å²) in [6.45, 7) is 8.05. The summed E-state index contributed by atoms with van der Waals surface area (Å²) in [6, 6.07) is 2.20. The van der Waals surface area contributed by atoms with E-state index >= 15 is 0 Å². The highest BCUT2D eigenvalue weighted by molar-refractivity contribution is 5.66. The van der Waals surface area contributed by atoms with Crippen LogP contribution in [0.3, 0.4) is 0 Å². The van der Waals surface area contributed by atoms with Gasteiger partial charge in [0.25, 0.3) is 0 Å². The molecule has 0 amide bonds. The molecule has 0 aromatic carbocycles. The number of hydrogen-bond donors (Lipinski definition) is 0. The predicted molar refractivity (Wildman–Crippen MR) is 121 cm³/mol. The van der Waals surface area contributed by atoms with Crippen LogP contribution >= 0.6 is 0 Å². The molecular weight excluding hydrogens is 402 g/mol. The molecule has 3 saturated carbocycles. The minimum Gasteiger partial charge on any atom is -0.462 e. The van der Waals surface area contributed by atoms with Gasteiger partial charge in [0.05, 0.1) is 6.07 Å². The van der Waals surface area contributed by atoms with E-state index in [1.54, 1.807) is 6.08 Å². The van der Waals surface area contributed by atoms with Crippen molar-refractivity contribution in [3.05, 3.63) is 23.3 Å². The number of carbonyl (C=O) groups excluding carboxylic acids is 2. The summed E-state index contributed by atoms with van der Waals surface area (Å²) in [6.07, 6.45) is 12.8. The fraction of sp³-hybridized carbons (Fsp3) is 0.741. The highest BCUT2D eigenvalue weighted by atomic mass is 16.5. The normalized spacial score (nSPS) is 40.8. The van der Waals surface area contributed by atoms with E-state index in [-0.39, 0.29) is 35.5 Å². The summed E-state index contributed by atoms with van der Waals surface area (Å²) in [5, 5.41) is 9.36. The van der Waals surface area contributed by atoms with Crippen molar-refractivity contribution in [2.24, 2.45) is 34.5 Å². The molecule has 0 heterocycles. The molecule has 4 aliphatic carbocycles. The van der Waals surface area contributed by atoms with Crippen molar-refractivity contribution in [3.8, 4) is 6.07 Å². The molecule has 0 radical (unpaired) electrons. The van der Waals surface area contributed by atoms with Gasteiger partial charge in [0.15, 0.2) is 0 Å². The Morgan fingerprint density at radius 2 is 1.91 bits per heavy atom. The van der Waals surface area contributed by atoms with Crippen LogP contribution in [0.1, 0.15) is 79.1 Å². The Labute approximate surface area is 192 Å². The molecule has 0 unspecified atom stereocenters. The zero-order valence-corrected chi connectivity index (χ0v) is 20.0. The Morgan fingerprint density at radius 3 is 2.59 bits per heavy atom. The maximum absolute atomic E-state index is 11.5. The second-order valence-corrected chi connectivity index (χ2v) is 11.0. The van der Waals surface area contributed by atoms with Crippen LogP contribution in [-0.4, -0.2) is 24.6 Å². The number of fused-ring (bicyclic) bond motifs is 5. The van der Waals surface area contributed by atoms with Gasteiger partial charge in [-0.1, -0.05) is 25.5 Å². The van der Waals surface area contributed by atoms with Crippen molar-refractivity contribution in [1.29, 1.82) is 5.26 Å². The third kappa shape index (κ3) is 3.91. The first kappa shape index (κ1) is 23.1. The summed E-state index contributed by atoms with van der Waals surface area (Å²) >= 11 is 0. The van der Waals surface area contributed by atoms with Crippen molar-refractivity contribution in [1.82, 2.24) is 0 Å². The standard InChI is InChI=1S/C27H37NO4/c1-17(29)31-16-19(11-14-28)23-7-8-24-22-6-5-20-15-21(32-18(2)30)9-12-26(20,3)25(22)10-13-27(23,24)4/h5,11,21-25H,6-10,12-13,15-16H2,1-4H3/b19-11-/t21-,22+,23-,24+,25+,26+,27-/m1/s1. The summed E-state index contributed by atoms with van der Waals surface area (Å²) < 4.78 is 10.9. The minimum absolute atomic E-state index is 0.0352. The Balaban J connectivity index is 1.55.